The SMILES string of the molecule is CCc1ccccc1NC(=O)CN1CCN(C(=O)CN(Cc2ccc(C)s2)C(C)C)CC1. The summed E-state index contributed by atoms with van der Waals surface area (Å²) in [7, 11) is 0. The van der Waals surface area contributed by atoms with Gasteiger partial charge in [0, 0.05) is 54.2 Å². The highest BCUT2D eigenvalue weighted by Crippen LogP contribution is 2.19. The second-order valence-corrected chi connectivity index (χ2v) is 10.1. The van der Waals surface area contributed by atoms with E-state index in [0.717, 1.165) is 37.3 Å². The Bertz CT molecular complexity index is 903. The van der Waals surface area contributed by atoms with E-state index in [2.05, 4.69) is 54.9 Å². The number of piperazine rings is 1. The average molecular weight is 457 g/mol. The van der Waals surface area contributed by atoms with Crippen LogP contribution < -0.4 is 5.32 Å². The van der Waals surface area contributed by atoms with Gasteiger partial charge in [-0.15, -0.1) is 11.3 Å². The van der Waals surface area contributed by atoms with Gasteiger partial charge in [0.25, 0.3) is 0 Å². The molecule has 1 aliphatic heterocycles. The number of nitrogens with zero attached hydrogens (tertiary/aromatic N) is 3. The van der Waals surface area contributed by atoms with Crippen molar-refractivity contribution in [2.45, 2.75) is 46.7 Å². The summed E-state index contributed by atoms with van der Waals surface area (Å²) in [5.41, 5.74) is 2.03. The largest absolute Gasteiger partial charge is 0.339 e. The van der Waals surface area contributed by atoms with Gasteiger partial charge in [-0.25, -0.2) is 0 Å². The van der Waals surface area contributed by atoms with Crippen molar-refractivity contribution in [2.24, 2.45) is 0 Å². The third kappa shape index (κ3) is 6.89. The van der Waals surface area contributed by atoms with E-state index in [0.29, 0.717) is 32.2 Å². The molecule has 1 saturated heterocycles. The number of para-hydroxylation sites is 1. The minimum atomic E-state index is 0.00269. The van der Waals surface area contributed by atoms with Crippen LogP contribution >= 0.6 is 11.3 Å². The van der Waals surface area contributed by atoms with E-state index in [-0.39, 0.29) is 11.8 Å². The highest BCUT2D eigenvalue weighted by atomic mass is 32.1. The minimum Gasteiger partial charge on any atom is -0.339 e. The molecule has 0 unspecified atom stereocenters. The summed E-state index contributed by atoms with van der Waals surface area (Å²) >= 11 is 1.79. The number of thiophene rings is 1. The smallest absolute Gasteiger partial charge is 0.238 e. The van der Waals surface area contributed by atoms with Crippen LogP contribution in [0.25, 0.3) is 0 Å². The maximum atomic E-state index is 12.9. The Kier molecular flexibility index (Phi) is 8.84. The summed E-state index contributed by atoms with van der Waals surface area (Å²) in [5, 5.41) is 3.04. The maximum Gasteiger partial charge on any atom is 0.238 e. The van der Waals surface area contributed by atoms with Gasteiger partial charge in [-0.2, -0.15) is 0 Å². The van der Waals surface area contributed by atoms with Crippen LogP contribution in [-0.4, -0.2) is 71.8 Å². The number of hydrogen-bond donors (Lipinski definition) is 1. The quantitative estimate of drug-likeness (QED) is 0.626. The first-order chi connectivity index (χ1) is 15.4. The van der Waals surface area contributed by atoms with Crippen molar-refractivity contribution >= 4 is 28.8 Å². The van der Waals surface area contributed by atoms with Crippen molar-refractivity contribution < 1.29 is 9.59 Å². The number of hydrogen-bond acceptors (Lipinski definition) is 5. The number of nitrogens with one attached hydrogen (secondary N) is 1. The lowest BCUT2D eigenvalue weighted by atomic mass is 10.1. The molecule has 1 aromatic heterocycles. The fourth-order valence-electron chi connectivity index (χ4n) is 3.96. The number of carbonyl (C=O) groups is 2. The fraction of sp³-hybridized carbons (Fsp3) is 0.520. The lowest BCUT2D eigenvalue weighted by Crippen LogP contribution is -2.52. The molecule has 0 aliphatic carbocycles. The number of carbonyl (C=O) groups excluding carboxylic acids is 2. The standard InChI is InChI=1S/C25H36N4O2S/c1-5-21-8-6-7-9-23(21)26-24(30)17-27-12-14-28(15-13-27)25(31)18-29(19(2)3)16-22-11-10-20(4)32-22/h6-11,19H,5,12-18H2,1-4H3,(H,26,30). The third-order valence-corrected chi connectivity index (χ3v) is 6.97. The zero-order valence-corrected chi connectivity index (χ0v) is 20.6. The van der Waals surface area contributed by atoms with Gasteiger partial charge in [-0.05, 0) is 51.0 Å². The van der Waals surface area contributed by atoms with Crippen molar-refractivity contribution in [3.05, 3.63) is 51.7 Å². The lowest BCUT2D eigenvalue weighted by Gasteiger charge is -2.36. The van der Waals surface area contributed by atoms with Crippen LogP contribution in [0.4, 0.5) is 5.69 Å². The number of rotatable bonds is 9. The van der Waals surface area contributed by atoms with E-state index < -0.39 is 0 Å². The first-order valence-corrected chi connectivity index (χ1v) is 12.3. The van der Waals surface area contributed by atoms with Crippen LogP contribution in [0.5, 0.6) is 0 Å². The zero-order valence-electron chi connectivity index (χ0n) is 19.8. The van der Waals surface area contributed by atoms with Gasteiger partial charge in [0.05, 0.1) is 13.1 Å². The van der Waals surface area contributed by atoms with Gasteiger partial charge in [0.15, 0.2) is 0 Å². The van der Waals surface area contributed by atoms with Gasteiger partial charge < -0.3 is 10.2 Å². The molecule has 32 heavy (non-hydrogen) atoms. The van der Waals surface area contributed by atoms with E-state index in [4.69, 9.17) is 0 Å². The summed E-state index contributed by atoms with van der Waals surface area (Å²) in [6.07, 6.45) is 0.886. The molecule has 174 valence electrons. The maximum absolute atomic E-state index is 12.9. The van der Waals surface area contributed by atoms with Crippen molar-refractivity contribution in [3.63, 3.8) is 0 Å². The molecular formula is C25H36N4O2S. The molecule has 1 N–H and O–H groups in total. The molecule has 0 radical (unpaired) electrons. The van der Waals surface area contributed by atoms with Crippen molar-refractivity contribution in [3.8, 4) is 0 Å². The van der Waals surface area contributed by atoms with Gasteiger partial charge in [-0.1, -0.05) is 25.1 Å². The molecule has 0 spiro atoms. The number of benzene rings is 1. The molecule has 0 saturated carbocycles. The highest BCUT2D eigenvalue weighted by Gasteiger charge is 2.25. The van der Waals surface area contributed by atoms with Crippen molar-refractivity contribution in [1.29, 1.82) is 0 Å². The topological polar surface area (TPSA) is 55.9 Å². The van der Waals surface area contributed by atoms with Crippen LogP contribution in [0.1, 0.15) is 36.1 Å². The summed E-state index contributed by atoms with van der Waals surface area (Å²) < 4.78 is 0. The van der Waals surface area contributed by atoms with Crippen LogP contribution in [0.3, 0.4) is 0 Å². The number of amides is 2. The molecule has 6 nitrogen and oxygen atoms in total. The number of aryl methyl sites for hydroxylation is 2. The zero-order chi connectivity index (χ0) is 23.1. The predicted octanol–water partition coefficient (Wildman–Crippen LogP) is 3.61. The normalized spacial score (nSPS) is 14.9. The minimum absolute atomic E-state index is 0.00269. The molecule has 7 heteroatoms. The summed E-state index contributed by atoms with van der Waals surface area (Å²) in [5.74, 6) is 0.177. The third-order valence-electron chi connectivity index (χ3n) is 5.99. The molecule has 0 atom stereocenters. The van der Waals surface area contributed by atoms with Crippen LogP contribution in [0.2, 0.25) is 0 Å². The van der Waals surface area contributed by atoms with E-state index in [1.54, 1.807) is 11.3 Å². The monoisotopic (exact) mass is 456 g/mol. The Morgan fingerprint density at radius 2 is 1.81 bits per heavy atom. The first kappa shape index (κ1) is 24.4. The Morgan fingerprint density at radius 1 is 1.09 bits per heavy atom. The molecule has 1 aliphatic rings. The number of anilines is 1. The van der Waals surface area contributed by atoms with Crippen LogP contribution in [0, 0.1) is 6.92 Å². The van der Waals surface area contributed by atoms with Gasteiger partial charge in [0.1, 0.15) is 0 Å². The van der Waals surface area contributed by atoms with E-state index >= 15 is 0 Å². The van der Waals surface area contributed by atoms with Crippen LogP contribution in [0.15, 0.2) is 36.4 Å². The Morgan fingerprint density at radius 3 is 2.44 bits per heavy atom. The molecule has 2 aromatic rings. The Balaban J connectivity index is 1.45. The van der Waals surface area contributed by atoms with Crippen molar-refractivity contribution in [2.75, 3.05) is 44.6 Å². The van der Waals surface area contributed by atoms with E-state index in [1.165, 1.54) is 9.75 Å². The molecule has 1 fully saturated rings. The summed E-state index contributed by atoms with van der Waals surface area (Å²) in [6, 6.07) is 12.5. The second-order valence-electron chi connectivity index (χ2n) is 8.73. The second kappa shape index (κ2) is 11.6. The van der Waals surface area contributed by atoms with Gasteiger partial charge in [-0.3, -0.25) is 19.4 Å². The van der Waals surface area contributed by atoms with Gasteiger partial charge >= 0.3 is 0 Å². The Labute approximate surface area is 196 Å². The summed E-state index contributed by atoms with van der Waals surface area (Å²) in [4.78, 5) is 34.4. The average Bonchev–Trinajstić information content (AvgIpc) is 3.18. The molecule has 0 bridgehead atoms. The highest BCUT2D eigenvalue weighted by molar-refractivity contribution is 7.11. The summed E-state index contributed by atoms with van der Waals surface area (Å²) in [6.45, 7) is 12.9. The predicted molar refractivity (Wildman–Crippen MR) is 132 cm³/mol. The fourth-order valence-corrected chi connectivity index (χ4v) is 4.88. The molecule has 2 amide bonds. The lowest BCUT2D eigenvalue weighted by molar-refractivity contribution is -0.134. The molecule has 3 rings (SSSR count). The van der Waals surface area contributed by atoms with Crippen molar-refractivity contribution in [1.82, 2.24) is 14.7 Å². The van der Waals surface area contributed by atoms with Crippen LogP contribution in [-0.2, 0) is 22.6 Å². The van der Waals surface area contributed by atoms with E-state index in [1.807, 2.05) is 29.2 Å². The Hall–Kier alpha value is -2.22. The molecule has 2 heterocycles. The first-order valence-electron chi connectivity index (χ1n) is 11.5. The molecule has 1 aromatic carbocycles. The molecular weight excluding hydrogens is 420 g/mol. The van der Waals surface area contributed by atoms with E-state index in [9.17, 15) is 9.59 Å². The van der Waals surface area contributed by atoms with Gasteiger partial charge in [0.2, 0.25) is 11.8 Å².